The lowest BCUT2D eigenvalue weighted by atomic mass is 9.94. The minimum absolute atomic E-state index is 0.0498. The van der Waals surface area contributed by atoms with Crippen LogP contribution < -0.4 is 25.0 Å². The number of nitrogens with zero attached hydrogens (tertiary/aromatic N) is 2. The topological polar surface area (TPSA) is 110 Å². The molecule has 0 radical (unpaired) electrons. The van der Waals surface area contributed by atoms with Gasteiger partial charge in [-0.25, -0.2) is 4.98 Å². The van der Waals surface area contributed by atoms with E-state index >= 15 is 0 Å². The van der Waals surface area contributed by atoms with E-state index in [0.29, 0.717) is 35.0 Å². The standard InChI is InChI=1S/C33H40N4O5/c1-23-15-17-24(18-16-23)32(33(40)35-25-10-5-4-6-11-25)37(26-20-27(41-2)22-28(21-26)42-3)31(39)14-9-13-30(38)36-29-12-7-8-19-34-29/h7-8,12,15-22,25,32H,4-6,9-11,13-14H2,1-3H3,(H,35,40)(H,34,36,38). The van der Waals surface area contributed by atoms with Crippen LogP contribution in [0.15, 0.2) is 66.9 Å². The molecule has 1 saturated carbocycles. The number of carbonyl (C=O) groups excluding carboxylic acids is 3. The van der Waals surface area contributed by atoms with Crippen LogP contribution in [0.3, 0.4) is 0 Å². The zero-order chi connectivity index (χ0) is 29.9. The van der Waals surface area contributed by atoms with Gasteiger partial charge in [0.25, 0.3) is 0 Å². The van der Waals surface area contributed by atoms with Crippen molar-refractivity contribution in [2.45, 2.75) is 70.4 Å². The third-order valence-electron chi connectivity index (χ3n) is 7.46. The number of aromatic nitrogens is 1. The average Bonchev–Trinajstić information content (AvgIpc) is 3.01. The summed E-state index contributed by atoms with van der Waals surface area (Å²) in [6.45, 7) is 1.98. The van der Waals surface area contributed by atoms with Crippen molar-refractivity contribution in [2.24, 2.45) is 0 Å². The maximum Gasteiger partial charge on any atom is 0.248 e. The fourth-order valence-electron chi connectivity index (χ4n) is 5.22. The highest BCUT2D eigenvalue weighted by molar-refractivity contribution is 6.02. The normalized spacial score (nSPS) is 14.0. The van der Waals surface area contributed by atoms with Crippen LogP contribution in [0.25, 0.3) is 0 Å². The number of carbonyl (C=O) groups is 3. The van der Waals surface area contributed by atoms with Crippen LogP contribution in [0, 0.1) is 6.92 Å². The van der Waals surface area contributed by atoms with Crippen LogP contribution in [0.1, 0.15) is 68.5 Å². The van der Waals surface area contributed by atoms with Gasteiger partial charge in [0, 0.05) is 43.3 Å². The number of nitrogens with one attached hydrogen (secondary N) is 2. The smallest absolute Gasteiger partial charge is 0.248 e. The van der Waals surface area contributed by atoms with Gasteiger partial charge < -0.3 is 20.1 Å². The van der Waals surface area contributed by atoms with Crippen molar-refractivity contribution in [3.63, 3.8) is 0 Å². The number of ether oxygens (including phenoxy) is 2. The number of methoxy groups -OCH3 is 2. The van der Waals surface area contributed by atoms with E-state index in [4.69, 9.17) is 9.47 Å². The SMILES string of the molecule is COc1cc(OC)cc(N(C(=O)CCCC(=O)Nc2ccccn2)C(C(=O)NC2CCCCC2)c2ccc(C)cc2)c1. The van der Waals surface area contributed by atoms with Crippen LogP contribution in [0.2, 0.25) is 0 Å². The predicted molar refractivity (Wildman–Crippen MR) is 163 cm³/mol. The Labute approximate surface area is 247 Å². The number of hydrogen-bond donors (Lipinski definition) is 2. The van der Waals surface area contributed by atoms with Gasteiger partial charge in [0.1, 0.15) is 23.4 Å². The summed E-state index contributed by atoms with van der Waals surface area (Å²) in [5, 5.41) is 5.98. The Balaban J connectivity index is 1.64. The molecule has 0 saturated heterocycles. The van der Waals surface area contributed by atoms with Crippen molar-refractivity contribution < 1.29 is 23.9 Å². The molecule has 2 N–H and O–H groups in total. The second-order valence-electron chi connectivity index (χ2n) is 10.6. The molecule has 0 bridgehead atoms. The molecule has 2 aromatic carbocycles. The van der Waals surface area contributed by atoms with Gasteiger partial charge in [-0.1, -0.05) is 55.2 Å². The lowest BCUT2D eigenvalue weighted by molar-refractivity contribution is -0.127. The first-order valence-corrected chi connectivity index (χ1v) is 14.5. The summed E-state index contributed by atoms with van der Waals surface area (Å²) in [5.74, 6) is 0.674. The lowest BCUT2D eigenvalue weighted by Crippen LogP contribution is -2.47. The number of anilines is 2. The highest BCUT2D eigenvalue weighted by Gasteiger charge is 2.34. The van der Waals surface area contributed by atoms with Crippen LogP contribution >= 0.6 is 0 Å². The van der Waals surface area contributed by atoms with Crippen molar-refractivity contribution in [2.75, 3.05) is 24.4 Å². The lowest BCUT2D eigenvalue weighted by Gasteiger charge is -2.34. The summed E-state index contributed by atoms with van der Waals surface area (Å²) in [6.07, 6.45) is 7.19. The van der Waals surface area contributed by atoms with Crippen LogP contribution in [-0.2, 0) is 14.4 Å². The van der Waals surface area contributed by atoms with Crippen LogP contribution in [0.5, 0.6) is 11.5 Å². The molecule has 1 aromatic heterocycles. The van der Waals surface area contributed by atoms with E-state index in [2.05, 4.69) is 15.6 Å². The van der Waals surface area contributed by atoms with Crippen LogP contribution in [0.4, 0.5) is 11.5 Å². The van der Waals surface area contributed by atoms with Gasteiger partial charge in [0.2, 0.25) is 17.7 Å². The summed E-state index contributed by atoms with van der Waals surface area (Å²) in [5.41, 5.74) is 2.21. The number of benzene rings is 2. The van der Waals surface area contributed by atoms with Crippen molar-refractivity contribution in [3.05, 3.63) is 78.0 Å². The molecule has 1 unspecified atom stereocenters. The summed E-state index contributed by atoms with van der Waals surface area (Å²) in [6, 6.07) is 17.2. The van der Waals surface area contributed by atoms with Gasteiger partial charge in [0.15, 0.2) is 0 Å². The molecule has 0 spiro atoms. The van der Waals surface area contributed by atoms with Crippen molar-refractivity contribution in [1.29, 1.82) is 0 Å². The van der Waals surface area contributed by atoms with Gasteiger partial charge >= 0.3 is 0 Å². The quantitative estimate of drug-likeness (QED) is 0.287. The van der Waals surface area contributed by atoms with Gasteiger partial charge in [-0.3, -0.25) is 19.3 Å². The molecule has 3 amide bonds. The fourth-order valence-corrected chi connectivity index (χ4v) is 5.22. The number of hydrogen-bond acceptors (Lipinski definition) is 6. The molecule has 1 aliphatic carbocycles. The van der Waals surface area contributed by atoms with Gasteiger partial charge in [-0.2, -0.15) is 0 Å². The molecule has 1 heterocycles. The second kappa shape index (κ2) is 15.0. The molecule has 3 aromatic rings. The Morgan fingerprint density at radius 3 is 2.24 bits per heavy atom. The van der Waals surface area contributed by atoms with Crippen molar-refractivity contribution in [1.82, 2.24) is 10.3 Å². The minimum Gasteiger partial charge on any atom is -0.497 e. The maximum absolute atomic E-state index is 14.1. The minimum atomic E-state index is -0.931. The van der Waals surface area contributed by atoms with Crippen molar-refractivity contribution >= 4 is 29.2 Å². The number of amides is 3. The first-order chi connectivity index (χ1) is 20.4. The van der Waals surface area contributed by atoms with E-state index in [-0.39, 0.29) is 36.6 Å². The van der Waals surface area contributed by atoms with E-state index in [0.717, 1.165) is 37.7 Å². The third-order valence-corrected chi connectivity index (χ3v) is 7.46. The molecule has 9 heteroatoms. The Morgan fingerprint density at radius 1 is 0.929 bits per heavy atom. The number of pyridine rings is 1. The molecular formula is C33H40N4O5. The first-order valence-electron chi connectivity index (χ1n) is 14.5. The fraction of sp³-hybridized carbons (Fsp3) is 0.394. The predicted octanol–water partition coefficient (Wildman–Crippen LogP) is 5.74. The summed E-state index contributed by atoms with van der Waals surface area (Å²) in [7, 11) is 3.08. The van der Waals surface area contributed by atoms with Gasteiger partial charge in [0.05, 0.1) is 19.9 Å². The highest BCUT2D eigenvalue weighted by Crippen LogP contribution is 2.35. The number of rotatable bonds is 12. The molecule has 4 rings (SSSR count). The summed E-state index contributed by atoms with van der Waals surface area (Å²) < 4.78 is 11.0. The van der Waals surface area contributed by atoms with E-state index < -0.39 is 6.04 Å². The number of aryl methyl sites for hydroxylation is 1. The van der Waals surface area contributed by atoms with Gasteiger partial charge in [-0.15, -0.1) is 0 Å². The molecular weight excluding hydrogens is 532 g/mol. The molecule has 1 aliphatic rings. The largest absolute Gasteiger partial charge is 0.497 e. The van der Waals surface area contributed by atoms with E-state index in [9.17, 15) is 14.4 Å². The first kappa shape index (κ1) is 30.6. The van der Waals surface area contributed by atoms with E-state index in [1.807, 2.05) is 31.2 Å². The average molecular weight is 573 g/mol. The second-order valence-corrected chi connectivity index (χ2v) is 10.6. The Kier molecular flexibility index (Phi) is 10.9. The van der Waals surface area contributed by atoms with E-state index in [1.165, 1.54) is 19.1 Å². The molecule has 0 aliphatic heterocycles. The third kappa shape index (κ3) is 8.31. The monoisotopic (exact) mass is 572 g/mol. The molecule has 9 nitrogen and oxygen atoms in total. The maximum atomic E-state index is 14.1. The molecule has 1 atom stereocenters. The molecule has 42 heavy (non-hydrogen) atoms. The van der Waals surface area contributed by atoms with Gasteiger partial charge in [-0.05, 0) is 43.9 Å². The summed E-state index contributed by atoms with van der Waals surface area (Å²) >= 11 is 0. The Hall–Kier alpha value is -4.40. The van der Waals surface area contributed by atoms with Crippen LogP contribution in [-0.4, -0.2) is 43.0 Å². The Bertz CT molecular complexity index is 1320. The van der Waals surface area contributed by atoms with Crippen molar-refractivity contribution in [3.8, 4) is 11.5 Å². The highest BCUT2D eigenvalue weighted by atomic mass is 16.5. The zero-order valence-electron chi connectivity index (χ0n) is 24.6. The summed E-state index contributed by atoms with van der Waals surface area (Å²) in [4.78, 5) is 46.3. The molecule has 1 fully saturated rings. The molecule has 222 valence electrons. The zero-order valence-corrected chi connectivity index (χ0v) is 24.6. The Morgan fingerprint density at radius 2 is 1.62 bits per heavy atom. The van der Waals surface area contributed by atoms with E-state index in [1.54, 1.807) is 42.6 Å².